The lowest BCUT2D eigenvalue weighted by atomic mass is 10.0. The van der Waals surface area contributed by atoms with Crippen LogP contribution >= 0.6 is 0 Å². The summed E-state index contributed by atoms with van der Waals surface area (Å²) in [6.07, 6.45) is 6.43. The maximum atomic E-state index is 15.8. The molecule has 2 fully saturated rings. The van der Waals surface area contributed by atoms with Crippen LogP contribution in [0.2, 0.25) is 0 Å². The van der Waals surface area contributed by atoms with Gasteiger partial charge in [-0.25, -0.2) is 13.9 Å². The minimum absolute atomic E-state index is 0.00181. The SMILES string of the molecule is CCOC(=O)c1cnn(-c2cccc(-c3cccc(C(=O)N(C)CC4CC4)c3F)c2)c1C1C[C@H]1c1cn(C)nn1. The van der Waals surface area contributed by atoms with Crippen molar-refractivity contribution in [1.82, 2.24) is 29.7 Å². The highest BCUT2D eigenvalue weighted by atomic mass is 19.1. The second kappa shape index (κ2) is 10.3. The molecule has 0 bridgehead atoms. The fourth-order valence-electron chi connectivity index (χ4n) is 5.35. The van der Waals surface area contributed by atoms with Crippen LogP contribution in [0.3, 0.4) is 0 Å². The Bertz CT molecular complexity index is 1590. The monoisotopic (exact) mass is 542 g/mol. The van der Waals surface area contributed by atoms with Gasteiger partial charge in [0.05, 0.1) is 35.4 Å². The first-order chi connectivity index (χ1) is 19.4. The van der Waals surface area contributed by atoms with Crippen molar-refractivity contribution in [2.45, 2.75) is 38.0 Å². The maximum Gasteiger partial charge on any atom is 0.341 e. The molecule has 0 saturated heterocycles. The lowest BCUT2D eigenvalue weighted by Crippen LogP contribution is -2.29. The summed E-state index contributed by atoms with van der Waals surface area (Å²) in [5, 5.41) is 12.9. The summed E-state index contributed by atoms with van der Waals surface area (Å²) in [5.41, 5.74) is 3.66. The molecular weight excluding hydrogens is 511 g/mol. The molecule has 9 nitrogen and oxygen atoms in total. The summed E-state index contributed by atoms with van der Waals surface area (Å²) < 4.78 is 24.5. The highest BCUT2D eigenvalue weighted by molar-refractivity contribution is 5.96. The van der Waals surface area contributed by atoms with Crippen LogP contribution in [0.5, 0.6) is 0 Å². The highest BCUT2D eigenvalue weighted by Gasteiger charge is 2.46. The van der Waals surface area contributed by atoms with Crippen molar-refractivity contribution in [2.75, 3.05) is 20.2 Å². The van der Waals surface area contributed by atoms with E-state index >= 15 is 4.39 Å². The first kappa shape index (κ1) is 25.9. The van der Waals surface area contributed by atoms with Gasteiger partial charge in [-0.1, -0.05) is 29.5 Å². The predicted molar refractivity (Wildman–Crippen MR) is 146 cm³/mol. The number of nitrogens with zero attached hydrogens (tertiary/aromatic N) is 6. The number of rotatable bonds is 9. The van der Waals surface area contributed by atoms with Crippen molar-refractivity contribution in [2.24, 2.45) is 13.0 Å². The van der Waals surface area contributed by atoms with E-state index in [0.29, 0.717) is 34.8 Å². The van der Waals surface area contributed by atoms with E-state index in [9.17, 15) is 9.59 Å². The van der Waals surface area contributed by atoms with Gasteiger partial charge in [0.15, 0.2) is 0 Å². The molecule has 0 aliphatic heterocycles. The van der Waals surface area contributed by atoms with Crippen LogP contribution in [0.1, 0.15) is 70.1 Å². The van der Waals surface area contributed by atoms with E-state index in [2.05, 4.69) is 15.4 Å². The summed E-state index contributed by atoms with van der Waals surface area (Å²) in [6, 6.07) is 12.2. The first-order valence-corrected chi connectivity index (χ1v) is 13.6. The van der Waals surface area contributed by atoms with Crippen LogP contribution in [-0.2, 0) is 11.8 Å². The molecule has 0 radical (unpaired) electrons. The van der Waals surface area contributed by atoms with Gasteiger partial charge in [-0.2, -0.15) is 5.10 Å². The number of benzene rings is 2. The molecule has 40 heavy (non-hydrogen) atoms. The van der Waals surface area contributed by atoms with E-state index in [4.69, 9.17) is 4.74 Å². The first-order valence-electron chi connectivity index (χ1n) is 13.6. The van der Waals surface area contributed by atoms with E-state index in [1.807, 2.05) is 31.4 Å². The molecule has 0 N–H and O–H groups in total. The molecule has 2 atom stereocenters. The van der Waals surface area contributed by atoms with E-state index in [1.54, 1.807) is 46.4 Å². The summed E-state index contributed by atoms with van der Waals surface area (Å²) in [4.78, 5) is 27.5. The van der Waals surface area contributed by atoms with E-state index in [0.717, 1.165) is 30.7 Å². The Labute approximate surface area is 231 Å². The number of hydrogen-bond donors (Lipinski definition) is 0. The third kappa shape index (κ3) is 4.89. The van der Waals surface area contributed by atoms with Gasteiger partial charge in [0.2, 0.25) is 0 Å². The van der Waals surface area contributed by atoms with Crippen LogP contribution < -0.4 is 0 Å². The summed E-state index contributed by atoms with van der Waals surface area (Å²) in [7, 11) is 3.54. The van der Waals surface area contributed by atoms with Gasteiger partial charge < -0.3 is 9.64 Å². The minimum Gasteiger partial charge on any atom is -0.462 e. The number of ether oxygens (including phenoxy) is 1. The van der Waals surface area contributed by atoms with Gasteiger partial charge in [-0.15, -0.1) is 5.10 Å². The molecule has 2 heterocycles. The minimum atomic E-state index is -0.551. The summed E-state index contributed by atoms with van der Waals surface area (Å²) >= 11 is 0. The average Bonchev–Trinajstić information content (AvgIpc) is 3.85. The lowest BCUT2D eigenvalue weighted by Gasteiger charge is -2.18. The average molecular weight is 543 g/mol. The Morgan fingerprint density at radius 2 is 1.93 bits per heavy atom. The molecule has 2 aromatic carbocycles. The molecule has 6 rings (SSSR count). The third-order valence-electron chi connectivity index (χ3n) is 7.65. The Kier molecular flexibility index (Phi) is 6.69. The van der Waals surface area contributed by atoms with Gasteiger partial charge in [-0.3, -0.25) is 9.48 Å². The summed E-state index contributed by atoms with van der Waals surface area (Å²) in [6.45, 7) is 2.66. The second-order valence-corrected chi connectivity index (χ2v) is 10.7. The lowest BCUT2D eigenvalue weighted by molar-refractivity contribution is 0.0524. The summed E-state index contributed by atoms with van der Waals surface area (Å²) in [5.74, 6) is -0.683. The normalized spacial score (nSPS) is 18.0. The predicted octanol–water partition coefficient (Wildman–Crippen LogP) is 4.74. The van der Waals surface area contributed by atoms with Gasteiger partial charge >= 0.3 is 5.97 Å². The zero-order valence-corrected chi connectivity index (χ0v) is 22.7. The Hall–Kier alpha value is -4.34. The molecule has 2 aliphatic rings. The van der Waals surface area contributed by atoms with Crippen molar-refractivity contribution in [1.29, 1.82) is 0 Å². The number of aromatic nitrogens is 5. The number of carbonyl (C=O) groups excluding carboxylic acids is 2. The number of halogens is 1. The zero-order chi connectivity index (χ0) is 28.0. The molecule has 2 aliphatic carbocycles. The van der Waals surface area contributed by atoms with Crippen molar-refractivity contribution in [3.05, 3.63) is 83.2 Å². The van der Waals surface area contributed by atoms with E-state index < -0.39 is 11.8 Å². The van der Waals surface area contributed by atoms with Crippen molar-refractivity contribution in [3.63, 3.8) is 0 Å². The Morgan fingerprint density at radius 3 is 2.65 bits per heavy atom. The largest absolute Gasteiger partial charge is 0.462 e. The molecule has 2 aromatic heterocycles. The van der Waals surface area contributed by atoms with Crippen LogP contribution in [0.25, 0.3) is 16.8 Å². The quantitative estimate of drug-likeness (QED) is 0.284. The molecule has 206 valence electrons. The van der Waals surface area contributed by atoms with E-state index in [-0.39, 0.29) is 29.9 Å². The second-order valence-electron chi connectivity index (χ2n) is 10.7. The Morgan fingerprint density at radius 1 is 1.12 bits per heavy atom. The number of amides is 1. The van der Waals surface area contributed by atoms with Gasteiger partial charge in [-0.05, 0) is 55.9 Å². The molecule has 1 amide bonds. The van der Waals surface area contributed by atoms with Crippen molar-refractivity contribution in [3.8, 4) is 16.8 Å². The van der Waals surface area contributed by atoms with Gasteiger partial charge in [0.1, 0.15) is 11.4 Å². The smallest absolute Gasteiger partial charge is 0.341 e. The number of carbonyl (C=O) groups is 2. The molecule has 1 unspecified atom stereocenters. The molecule has 0 spiro atoms. The topological polar surface area (TPSA) is 95.1 Å². The van der Waals surface area contributed by atoms with Crippen molar-refractivity contribution < 1.29 is 18.7 Å². The van der Waals surface area contributed by atoms with E-state index in [1.165, 1.54) is 12.3 Å². The fraction of sp³-hybridized carbons (Fsp3) is 0.367. The maximum absolute atomic E-state index is 15.8. The van der Waals surface area contributed by atoms with Crippen LogP contribution in [0.4, 0.5) is 4.39 Å². The van der Waals surface area contributed by atoms with Gasteiger partial charge in [0, 0.05) is 44.2 Å². The standard InChI is InChI=1S/C30H31FN6O3/c1-4-40-30(39)25-15-32-37(28(25)24-14-23(24)26-17-36(3)34-33-26)20-8-5-7-19(13-20)21-9-6-10-22(27(21)31)29(38)35(2)16-18-11-12-18/h5-10,13,15,17-18,23-24H,4,11-12,14,16H2,1-3H3/t23-,24?/m1/s1. The number of hydrogen-bond acceptors (Lipinski definition) is 6. The molecular formula is C30H31FN6O3. The van der Waals surface area contributed by atoms with Crippen LogP contribution in [0.15, 0.2) is 54.9 Å². The molecule has 4 aromatic rings. The zero-order valence-electron chi connectivity index (χ0n) is 22.7. The number of aryl methyl sites for hydroxylation is 1. The van der Waals surface area contributed by atoms with Crippen LogP contribution in [0, 0.1) is 11.7 Å². The molecule has 10 heteroatoms. The van der Waals surface area contributed by atoms with Gasteiger partial charge in [0.25, 0.3) is 5.91 Å². The van der Waals surface area contributed by atoms with Crippen molar-refractivity contribution >= 4 is 11.9 Å². The number of esters is 1. The Balaban J connectivity index is 1.35. The highest BCUT2D eigenvalue weighted by Crippen LogP contribution is 2.55. The third-order valence-corrected chi connectivity index (χ3v) is 7.65. The molecule has 2 saturated carbocycles. The van der Waals surface area contributed by atoms with Crippen LogP contribution in [-0.4, -0.2) is 61.8 Å². The fourth-order valence-corrected chi connectivity index (χ4v) is 5.35.